The molecule has 0 radical (unpaired) electrons. The molecule has 1 unspecified atom stereocenters. The molecule has 142 valence electrons. The van der Waals surface area contributed by atoms with Gasteiger partial charge in [-0.15, -0.1) is 0 Å². The average molecular weight is 347 g/mol. The first-order valence-electron chi connectivity index (χ1n) is 11.0. The van der Waals surface area contributed by atoms with Gasteiger partial charge in [0.05, 0.1) is 5.60 Å². The van der Waals surface area contributed by atoms with E-state index in [2.05, 4.69) is 13.8 Å². The van der Waals surface area contributed by atoms with Crippen LogP contribution in [0.2, 0.25) is 0 Å². The van der Waals surface area contributed by atoms with Crippen LogP contribution in [0.4, 0.5) is 0 Å². The predicted octanol–water partition coefficient (Wildman–Crippen LogP) is 5.23. The van der Waals surface area contributed by atoms with E-state index < -0.39 is 5.60 Å². The van der Waals surface area contributed by atoms with Gasteiger partial charge in [0.15, 0.2) is 0 Å². The Balaban J connectivity index is 1.61. The Kier molecular flexibility index (Phi) is 4.38. The molecule has 0 saturated heterocycles. The van der Waals surface area contributed by atoms with E-state index in [9.17, 15) is 9.90 Å². The van der Waals surface area contributed by atoms with E-state index >= 15 is 0 Å². The molecular formula is C23H38O2. The van der Waals surface area contributed by atoms with Crippen LogP contribution in [0.25, 0.3) is 0 Å². The zero-order valence-corrected chi connectivity index (χ0v) is 16.8. The summed E-state index contributed by atoms with van der Waals surface area (Å²) in [6.45, 7) is 8.83. The summed E-state index contributed by atoms with van der Waals surface area (Å²) in [4.78, 5) is 12.4. The van der Waals surface area contributed by atoms with Crippen LogP contribution in [0.5, 0.6) is 0 Å². The molecule has 0 heterocycles. The number of hydrogen-bond donors (Lipinski definition) is 1. The van der Waals surface area contributed by atoms with Gasteiger partial charge < -0.3 is 5.11 Å². The first-order chi connectivity index (χ1) is 11.7. The van der Waals surface area contributed by atoms with E-state index in [1.807, 2.05) is 13.8 Å². The molecule has 1 N–H and O–H groups in total. The number of carbonyl (C=O) groups is 1. The Morgan fingerprint density at radius 3 is 2.36 bits per heavy atom. The van der Waals surface area contributed by atoms with Crippen LogP contribution in [0.1, 0.15) is 85.5 Å². The molecule has 0 amide bonds. The van der Waals surface area contributed by atoms with Crippen LogP contribution < -0.4 is 0 Å². The number of Topliss-reactive ketones (excluding diaryl/α,β-unsaturated/α-hetero) is 1. The second-order valence-electron chi connectivity index (χ2n) is 10.9. The van der Waals surface area contributed by atoms with E-state index in [-0.39, 0.29) is 5.41 Å². The van der Waals surface area contributed by atoms with E-state index in [1.165, 1.54) is 38.5 Å². The molecule has 4 rings (SSSR count). The summed E-state index contributed by atoms with van der Waals surface area (Å²) in [7, 11) is 0. The minimum absolute atomic E-state index is 0.248. The van der Waals surface area contributed by atoms with Gasteiger partial charge in [0.2, 0.25) is 0 Å². The number of ketones is 1. The van der Waals surface area contributed by atoms with Crippen molar-refractivity contribution < 1.29 is 9.90 Å². The number of fused-ring (bicyclic) bond motifs is 5. The molecule has 9 atom stereocenters. The standard InChI is InChI=1S/C23H38O2/c1-14-5-8-20(15(2)24)23(4)12-10-18-17-9-11-22(3,25)13-16(17)6-7-19(18)21(14)23/h14,16-21,25H,5-13H2,1-4H3/t14-,16-,17+,18-,19-,20?,21+,22-,23-/m1/s1. The number of aliphatic hydroxyl groups is 1. The van der Waals surface area contributed by atoms with Crippen LogP contribution in [-0.4, -0.2) is 16.5 Å². The molecule has 0 spiro atoms. The van der Waals surface area contributed by atoms with Crippen molar-refractivity contribution in [1.29, 1.82) is 0 Å². The molecule has 4 fully saturated rings. The predicted molar refractivity (Wildman–Crippen MR) is 101 cm³/mol. The van der Waals surface area contributed by atoms with Crippen LogP contribution in [-0.2, 0) is 4.79 Å². The molecule has 0 bridgehead atoms. The van der Waals surface area contributed by atoms with Gasteiger partial charge >= 0.3 is 0 Å². The summed E-state index contributed by atoms with van der Waals surface area (Å²) in [5, 5.41) is 10.5. The van der Waals surface area contributed by atoms with Crippen molar-refractivity contribution in [3.8, 4) is 0 Å². The van der Waals surface area contributed by atoms with Gasteiger partial charge in [0.1, 0.15) is 5.78 Å². The first kappa shape index (κ1) is 18.0. The molecule has 2 heteroatoms. The highest BCUT2D eigenvalue weighted by molar-refractivity contribution is 5.79. The van der Waals surface area contributed by atoms with Crippen molar-refractivity contribution in [2.24, 2.45) is 46.8 Å². The molecular weight excluding hydrogens is 308 g/mol. The molecule has 0 aromatic heterocycles. The van der Waals surface area contributed by atoms with Crippen molar-refractivity contribution in [2.45, 2.75) is 91.1 Å². The minimum Gasteiger partial charge on any atom is -0.390 e. The smallest absolute Gasteiger partial charge is 0.133 e. The fraction of sp³-hybridized carbons (Fsp3) is 0.957. The second-order valence-corrected chi connectivity index (χ2v) is 10.9. The van der Waals surface area contributed by atoms with Gasteiger partial charge in [-0.2, -0.15) is 0 Å². The van der Waals surface area contributed by atoms with Crippen LogP contribution in [0.3, 0.4) is 0 Å². The van der Waals surface area contributed by atoms with E-state index in [0.29, 0.717) is 11.7 Å². The fourth-order valence-corrected chi connectivity index (χ4v) is 8.44. The molecule has 4 aliphatic carbocycles. The van der Waals surface area contributed by atoms with E-state index in [4.69, 9.17) is 0 Å². The maximum Gasteiger partial charge on any atom is 0.133 e. The third-order valence-electron chi connectivity index (χ3n) is 9.34. The summed E-state index contributed by atoms with van der Waals surface area (Å²) in [6.07, 6.45) is 10.9. The zero-order valence-electron chi connectivity index (χ0n) is 16.8. The Bertz CT molecular complexity index is 538. The van der Waals surface area contributed by atoms with Crippen molar-refractivity contribution in [2.75, 3.05) is 0 Å². The largest absolute Gasteiger partial charge is 0.390 e. The molecule has 2 nitrogen and oxygen atoms in total. The second kappa shape index (κ2) is 6.08. The van der Waals surface area contributed by atoms with Gasteiger partial charge in [-0.1, -0.05) is 13.8 Å². The van der Waals surface area contributed by atoms with Crippen molar-refractivity contribution in [3.63, 3.8) is 0 Å². The monoisotopic (exact) mass is 346 g/mol. The fourth-order valence-electron chi connectivity index (χ4n) is 8.44. The van der Waals surface area contributed by atoms with Gasteiger partial charge in [-0.05, 0) is 113 Å². The Morgan fingerprint density at radius 2 is 1.64 bits per heavy atom. The number of carbonyl (C=O) groups excluding carboxylic acids is 1. The molecule has 25 heavy (non-hydrogen) atoms. The summed E-state index contributed by atoms with van der Waals surface area (Å²) in [6, 6.07) is 0. The van der Waals surface area contributed by atoms with Crippen molar-refractivity contribution in [3.05, 3.63) is 0 Å². The molecule has 0 aromatic carbocycles. The topological polar surface area (TPSA) is 37.3 Å². The molecule has 0 aliphatic heterocycles. The lowest BCUT2D eigenvalue weighted by atomic mass is 9.43. The zero-order chi connectivity index (χ0) is 18.0. The Morgan fingerprint density at radius 1 is 0.920 bits per heavy atom. The Hall–Kier alpha value is -0.370. The minimum atomic E-state index is -0.422. The van der Waals surface area contributed by atoms with Gasteiger partial charge in [0, 0.05) is 5.92 Å². The van der Waals surface area contributed by atoms with Gasteiger partial charge in [-0.3, -0.25) is 4.79 Å². The summed E-state index contributed by atoms with van der Waals surface area (Å²) in [5.41, 5.74) is -0.174. The first-order valence-corrected chi connectivity index (χ1v) is 11.0. The summed E-state index contributed by atoms with van der Waals surface area (Å²) >= 11 is 0. The van der Waals surface area contributed by atoms with E-state index in [0.717, 1.165) is 54.8 Å². The van der Waals surface area contributed by atoms with Gasteiger partial charge in [0.25, 0.3) is 0 Å². The lowest BCUT2D eigenvalue weighted by Gasteiger charge is -2.62. The third kappa shape index (κ3) is 2.82. The number of rotatable bonds is 1. The SMILES string of the molecule is CC(=O)C1CC[C@@H](C)[C@H]2[C@@H]3CC[C@@H]4C[C@](C)(O)CC[C@@H]4[C@H]3CC[C@]12C. The molecule has 4 aliphatic rings. The van der Waals surface area contributed by atoms with Crippen LogP contribution >= 0.6 is 0 Å². The number of hydrogen-bond acceptors (Lipinski definition) is 2. The third-order valence-corrected chi connectivity index (χ3v) is 9.34. The van der Waals surface area contributed by atoms with Gasteiger partial charge in [-0.25, -0.2) is 0 Å². The summed E-state index contributed by atoms with van der Waals surface area (Å²) < 4.78 is 0. The van der Waals surface area contributed by atoms with Crippen molar-refractivity contribution >= 4 is 5.78 Å². The van der Waals surface area contributed by atoms with Crippen LogP contribution in [0.15, 0.2) is 0 Å². The lowest BCUT2D eigenvalue weighted by molar-refractivity contribution is -0.155. The maximum atomic E-state index is 12.4. The van der Waals surface area contributed by atoms with Crippen molar-refractivity contribution in [1.82, 2.24) is 0 Å². The van der Waals surface area contributed by atoms with Crippen LogP contribution in [0, 0.1) is 46.8 Å². The molecule has 4 saturated carbocycles. The van der Waals surface area contributed by atoms with E-state index in [1.54, 1.807) is 0 Å². The molecule has 0 aromatic rings. The average Bonchev–Trinajstić information content (AvgIpc) is 2.52. The normalized spacial score (nSPS) is 55.6. The summed E-state index contributed by atoms with van der Waals surface area (Å²) in [5.74, 6) is 5.56. The highest BCUT2D eigenvalue weighted by Gasteiger charge is 2.58. The highest BCUT2D eigenvalue weighted by atomic mass is 16.3. The maximum absolute atomic E-state index is 12.4. The quantitative estimate of drug-likeness (QED) is 0.706. The highest BCUT2D eigenvalue weighted by Crippen LogP contribution is 2.64. The Labute approximate surface area is 154 Å². The lowest BCUT2D eigenvalue weighted by Crippen LogP contribution is -2.56.